The number of rotatable bonds is 6. The van der Waals surface area contributed by atoms with E-state index in [1.807, 2.05) is 35.0 Å². The highest BCUT2D eigenvalue weighted by Crippen LogP contribution is 2.46. The zero-order chi connectivity index (χ0) is 30.3. The number of benzene rings is 1. The number of likely N-dealkylation sites (tertiary alicyclic amines) is 1. The summed E-state index contributed by atoms with van der Waals surface area (Å²) < 4.78 is 33.9. The van der Waals surface area contributed by atoms with Gasteiger partial charge >= 0.3 is 6.01 Å². The van der Waals surface area contributed by atoms with Gasteiger partial charge in [0.2, 0.25) is 5.91 Å². The molecule has 43 heavy (non-hydrogen) atoms. The fourth-order valence-corrected chi connectivity index (χ4v) is 7.09. The van der Waals surface area contributed by atoms with Crippen molar-refractivity contribution in [2.75, 3.05) is 50.1 Å². The third-order valence-corrected chi connectivity index (χ3v) is 9.31. The lowest BCUT2D eigenvalue weighted by atomic mass is 9.65. The minimum atomic E-state index is -1.08. The fraction of sp³-hybridized carbons (Fsp3) is 0.516. The Morgan fingerprint density at radius 1 is 1.26 bits per heavy atom. The molecule has 3 aliphatic heterocycles. The molecule has 226 valence electrons. The van der Waals surface area contributed by atoms with Crippen LogP contribution >= 0.6 is 0 Å². The Morgan fingerprint density at radius 2 is 2.07 bits per heavy atom. The molecule has 10 nitrogen and oxygen atoms in total. The maximum absolute atomic E-state index is 14.0. The summed E-state index contributed by atoms with van der Waals surface area (Å²) in [6.07, 6.45) is 2.22. The first-order valence-corrected chi connectivity index (χ1v) is 14.8. The zero-order valence-electron chi connectivity index (χ0n) is 24.2. The number of carbonyl (C=O) groups is 2. The van der Waals surface area contributed by atoms with Gasteiger partial charge in [-0.25, -0.2) is 8.78 Å². The average molecular weight is 592 g/mol. The smallest absolute Gasteiger partial charge is 0.318 e. The van der Waals surface area contributed by atoms with Gasteiger partial charge in [0.25, 0.3) is 5.91 Å². The van der Waals surface area contributed by atoms with Crippen molar-refractivity contribution in [3.63, 3.8) is 0 Å². The SMILES string of the molecule is C=C(F)C(=O)N1CCN(c2nc(OC[C@@H]3C[C@H](F)CN3C)nc3c2NC(=O)C2(CCCc4ccccc42)C3)C[C@@H]1CC#N. The number of aryl methyl sites for hydroxylation is 1. The summed E-state index contributed by atoms with van der Waals surface area (Å²) in [4.78, 5) is 41.1. The van der Waals surface area contributed by atoms with Crippen LogP contribution in [0.1, 0.15) is 42.5 Å². The minimum absolute atomic E-state index is 0.0170. The number of amides is 2. The number of piperazine rings is 1. The van der Waals surface area contributed by atoms with Crippen LogP contribution in [0.2, 0.25) is 0 Å². The fourth-order valence-electron chi connectivity index (χ4n) is 7.09. The van der Waals surface area contributed by atoms with Crippen molar-refractivity contribution in [2.24, 2.45) is 0 Å². The number of anilines is 2. The number of halogens is 2. The van der Waals surface area contributed by atoms with Crippen molar-refractivity contribution < 1.29 is 23.1 Å². The predicted octanol–water partition coefficient (Wildman–Crippen LogP) is 3.08. The standard InChI is InChI=1S/C31H35F2N7O3/c1-19(32)28(41)40-13-12-39(17-22(40)9-11-34)27-26-25(35-30(37-27)43-18-23-14-21(33)16-38(23)2)15-31(29(42)36-26)10-5-7-20-6-3-4-8-24(20)31/h3-4,6,8,21-23H,1,5,7,9-10,12-18H2,2H3,(H,36,42)/t21-,22-,23-,31?/m0/s1. The summed E-state index contributed by atoms with van der Waals surface area (Å²) >= 11 is 0. The number of likely N-dealkylation sites (N-methyl/N-ethyl adjacent to an activating group) is 1. The summed E-state index contributed by atoms with van der Waals surface area (Å²) in [5, 5.41) is 12.6. The predicted molar refractivity (Wildman–Crippen MR) is 155 cm³/mol. The Balaban J connectivity index is 1.37. The minimum Gasteiger partial charge on any atom is -0.462 e. The number of ether oxygens (including phenoxy) is 1. The molecule has 1 N–H and O–H groups in total. The number of nitriles is 1. The molecule has 1 aromatic heterocycles. The van der Waals surface area contributed by atoms with Crippen molar-refractivity contribution >= 4 is 23.3 Å². The van der Waals surface area contributed by atoms with Crippen molar-refractivity contribution in [1.29, 1.82) is 5.26 Å². The number of hydrogen-bond donors (Lipinski definition) is 1. The van der Waals surface area contributed by atoms with Crippen LogP contribution in [0.4, 0.5) is 20.3 Å². The molecule has 0 saturated carbocycles. The largest absolute Gasteiger partial charge is 0.462 e. The topological polar surface area (TPSA) is 115 Å². The van der Waals surface area contributed by atoms with Crippen LogP contribution in [0, 0.1) is 11.3 Å². The first-order valence-electron chi connectivity index (χ1n) is 14.8. The number of alkyl halides is 1. The second-order valence-corrected chi connectivity index (χ2v) is 12.0. The van der Waals surface area contributed by atoms with Crippen LogP contribution in [0.5, 0.6) is 6.01 Å². The van der Waals surface area contributed by atoms with Crippen LogP contribution in [-0.2, 0) is 27.8 Å². The molecule has 2 fully saturated rings. The molecule has 1 aliphatic carbocycles. The normalized spacial score (nSPS) is 26.8. The highest BCUT2D eigenvalue weighted by Gasteiger charge is 2.48. The molecule has 0 radical (unpaired) electrons. The van der Waals surface area contributed by atoms with E-state index in [1.54, 1.807) is 0 Å². The number of nitrogens with one attached hydrogen (secondary N) is 1. The van der Waals surface area contributed by atoms with Gasteiger partial charge in [-0.2, -0.15) is 15.2 Å². The van der Waals surface area contributed by atoms with E-state index >= 15 is 0 Å². The van der Waals surface area contributed by atoms with Crippen LogP contribution < -0.4 is 15.0 Å². The number of nitrogens with zero attached hydrogens (tertiary/aromatic N) is 6. The van der Waals surface area contributed by atoms with Gasteiger partial charge in [0, 0.05) is 38.6 Å². The van der Waals surface area contributed by atoms with E-state index in [-0.39, 0.29) is 50.6 Å². The van der Waals surface area contributed by atoms with Crippen LogP contribution in [0.25, 0.3) is 0 Å². The second-order valence-electron chi connectivity index (χ2n) is 12.0. The summed E-state index contributed by atoms with van der Waals surface area (Å²) in [6.45, 7) is 4.28. The lowest BCUT2D eigenvalue weighted by Gasteiger charge is -2.44. The molecule has 1 spiro atoms. The highest BCUT2D eigenvalue weighted by molar-refractivity contribution is 6.04. The van der Waals surface area contributed by atoms with Gasteiger partial charge in [-0.15, -0.1) is 0 Å². The summed E-state index contributed by atoms with van der Waals surface area (Å²) in [5.74, 6) is -1.62. The van der Waals surface area contributed by atoms with Gasteiger partial charge in [-0.1, -0.05) is 30.8 Å². The molecular formula is C31H35F2N7O3. The molecule has 1 unspecified atom stereocenters. The van der Waals surface area contributed by atoms with Crippen molar-refractivity contribution in [3.05, 3.63) is 53.5 Å². The average Bonchev–Trinajstić information content (AvgIpc) is 3.32. The van der Waals surface area contributed by atoms with Crippen molar-refractivity contribution in [2.45, 2.75) is 62.2 Å². The van der Waals surface area contributed by atoms with Gasteiger partial charge in [0.05, 0.1) is 29.6 Å². The summed E-state index contributed by atoms with van der Waals surface area (Å²) in [6, 6.07) is 9.49. The van der Waals surface area contributed by atoms with Crippen LogP contribution in [0.15, 0.2) is 36.7 Å². The number of aromatic nitrogens is 2. The molecule has 2 amide bonds. The molecule has 4 heterocycles. The molecule has 4 aliphatic rings. The third-order valence-electron chi connectivity index (χ3n) is 9.31. The Hall–Kier alpha value is -4.11. The molecule has 12 heteroatoms. The van der Waals surface area contributed by atoms with E-state index in [0.717, 1.165) is 24.0 Å². The van der Waals surface area contributed by atoms with E-state index < -0.39 is 29.4 Å². The van der Waals surface area contributed by atoms with Gasteiger partial charge < -0.3 is 19.9 Å². The lowest BCUT2D eigenvalue weighted by Crippen LogP contribution is -2.56. The quantitative estimate of drug-likeness (QED) is 0.510. The Bertz CT molecular complexity index is 1500. The Morgan fingerprint density at radius 3 is 2.81 bits per heavy atom. The van der Waals surface area contributed by atoms with E-state index in [1.165, 1.54) is 4.90 Å². The molecule has 4 atom stereocenters. The van der Waals surface area contributed by atoms with Crippen LogP contribution in [0.3, 0.4) is 0 Å². The van der Waals surface area contributed by atoms with Gasteiger partial charge in [0.15, 0.2) is 11.6 Å². The second kappa shape index (κ2) is 11.5. The zero-order valence-corrected chi connectivity index (χ0v) is 24.2. The number of fused-ring (bicyclic) bond motifs is 3. The number of hydrogen-bond acceptors (Lipinski definition) is 8. The van der Waals surface area contributed by atoms with Crippen molar-refractivity contribution in [3.8, 4) is 12.1 Å². The van der Waals surface area contributed by atoms with E-state index in [4.69, 9.17) is 14.7 Å². The summed E-state index contributed by atoms with van der Waals surface area (Å²) in [5.41, 5.74) is 2.47. The molecule has 2 aromatic rings. The maximum Gasteiger partial charge on any atom is 0.318 e. The lowest BCUT2D eigenvalue weighted by molar-refractivity contribution is -0.131. The van der Waals surface area contributed by atoms with Gasteiger partial charge in [-0.05, 0) is 43.9 Å². The van der Waals surface area contributed by atoms with Crippen LogP contribution in [-0.4, -0.2) is 89.7 Å². The van der Waals surface area contributed by atoms with Gasteiger partial charge in [0.1, 0.15) is 18.5 Å². The summed E-state index contributed by atoms with van der Waals surface area (Å²) in [7, 11) is 1.86. The van der Waals surface area contributed by atoms with E-state index in [0.29, 0.717) is 43.0 Å². The van der Waals surface area contributed by atoms with E-state index in [2.05, 4.69) is 24.0 Å². The molecule has 2 saturated heterocycles. The Kier molecular flexibility index (Phi) is 7.77. The maximum atomic E-state index is 14.0. The third kappa shape index (κ3) is 5.31. The monoisotopic (exact) mass is 591 g/mol. The molecule has 0 bridgehead atoms. The molecule has 6 rings (SSSR count). The van der Waals surface area contributed by atoms with E-state index in [9.17, 15) is 23.6 Å². The first-order chi connectivity index (χ1) is 20.7. The number of carbonyl (C=O) groups excluding carboxylic acids is 2. The first kappa shape index (κ1) is 29.0. The molecule has 1 aromatic carbocycles. The highest BCUT2D eigenvalue weighted by atomic mass is 19.1. The molecular weight excluding hydrogens is 556 g/mol. The van der Waals surface area contributed by atoms with Crippen molar-refractivity contribution in [1.82, 2.24) is 19.8 Å². The van der Waals surface area contributed by atoms with Gasteiger partial charge in [-0.3, -0.25) is 14.5 Å². The Labute approximate surface area is 249 Å².